The lowest BCUT2D eigenvalue weighted by Gasteiger charge is -2.14. The molecule has 0 amide bonds. The highest BCUT2D eigenvalue weighted by Crippen LogP contribution is 2.27. The molecule has 2 aromatic rings. The molecule has 0 unspecified atom stereocenters. The Morgan fingerprint density at radius 3 is 1.88 bits per heavy atom. The molecule has 1 atom stereocenters. The van der Waals surface area contributed by atoms with Crippen molar-refractivity contribution in [3.63, 3.8) is 0 Å². The standard InChI is InChI=1S/C16H20O4.C11H12O2.C5H8O2.C2H6/c1-4-7-14-13(8-5-10-16(14)19-3)15(17)9-6-11-20-12-18-2;1-3-5-10-9(8-12)6-4-7-11(10)13-2;1-3-4-7-5-6-2;1-2/h4-5,8,10,15,17H,1,7,11-12H2,2-3H3;3-4,6-8H,1,5H2,2H3;1H,4-5H2,2H3;1-2H3/t15-;;;/m0.../s1. The van der Waals surface area contributed by atoms with Crippen molar-refractivity contribution in [1.29, 1.82) is 0 Å². The average molecular weight is 583 g/mol. The third-order valence-corrected chi connectivity index (χ3v) is 4.90. The molecule has 0 heterocycles. The Labute approximate surface area is 252 Å². The van der Waals surface area contributed by atoms with Gasteiger partial charge in [0.15, 0.2) is 0 Å². The number of carbonyl (C=O) groups excluding carboxylic acids is 1. The zero-order chi connectivity index (χ0) is 32.0. The van der Waals surface area contributed by atoms with Crippen LogP contribution in [0.2, 0.25) is 0 Å². The van der Waals surface area contributed by atoms with Gasteiger partial charge in [0.25, 0.3) is 0 Å². The second-order valence-electron chi connectivity index (χ2n) is 7.60. The van der Waals surface area contributed by atoms with Crippen molar-refractivity contribution in [3.8, 4) is 35.7 Å². The second kappa shape index (κ2) is 28.6. The Balaban J connectivity index is 0. The number of allylic oxidation sites excluding steroid dienone is 2. The highest BCUT2D eigenvalue weighted by molar-refractivity contribution is 5.78. The minimum Gasteiger partial charge on any atom is -0.496 e. The number of benzene rings is 2. The van der Waals surface area contributed by atoms with Gasteiger partial charge in [-0.15, -0.1) is 19.6 Å². The summed E-state index contributed by atoms with van der Waals surface area (Å²) < 4.78 is 29.4. The molecule has 0 spiro atoms. The van der Waals surface area contributed by atoms with E-state index in [4.69, 9.17) is 25.4 Å². The number of rotatable bonds is 14. The van der Waals surface area contributed by atoms with Crippen LogP contribution in [0.25, 0.3) is 0 Å². The normalized spacial score (nSPS) is 9.76. The maximum Gasteiger partial charge on any atom is 0.150 e. The van der Waals surface area contributed by atoms with Crippen molar-refractivity contribution in [2.24, 2.45) is 0 Å². The Hall–Kier alpha value is -3.89. The quantitative estimate of drug-likeness (QED) is 0.101. The van der Waals surface area contributed by atoms with Crippen molar-refractivity contribution < 1.29 is 38.3 Å². The fourth-order valence-corrected chi connectivity index (χ4v) is 3.22. The summed E-state index contributed by atoms with van der Waals surface area (Å²) in [5.41, 5.74) is 3.18. The molecule has 42 heavy (non-hydrogen) atoms. The minimum atomic E-state index is -0.883. The van der Waals surface area contributed by atoms with Crippen LogP contribution in [0.5, 0.6) is 11.5 Å². The molecule has 2 aromatic carbocycles. The third kappa shape index (κ3) is 17.0. The lowest BCUT2D eigenvalue weighted by molar-refractivity contribution is -0.0167. The van der Waals surface area contributed by atoms with Crippen molar-refractivity contribution in [2.75, 3.05) is 55.2 Å². The number of methoxy groups -OCH3 is 4. The number of hydrogen-bond acceptors (Lipinski definition) is 8. The van der Waals surface area contributed by atoms with E-state index in [1.807, 2.05) is 38.1 Å². The summed E-state index contributed by atoms with van der Waals surface area (Å²) in [7, 11) is 6.29. The van der Waals surface area contributed by atoms with E-state index in [1.54, 1.807) is 52.7 Å². The SMILES string of the molecule is C#CCOCOC.C=CCc1c(C=O)cccc1OC.C=CCc1c(OC)cccc1[C@@H](O)C#CCOCOC.CC. The molecule has 230 valence electrons. The van der Waals surface area contributed by atoms with Crippen LogP contribution in [0.1, 0.15) is 47.0 Å². The van der Waals surface area contributed by atoms with Gasteiger partial charge >= 0.3 is 0 Å². The maximum atomic E-state index is 10.7. The lowest BCUT2D eigenvalue weighted by Crippen LogP contribution is -2.03. The predicted octanol–water partition coefficient (Wildman–Crippen LogP) is 5.58. The van der Waals surface area contributed by atoms with Crippen LogP contribution in [0.3, 0.4) is 0 Å². The number of carbonyl (C=O) groups is 1. The summed E-state index contributed by atoms with van der Waals surface area (Å²) in [5.74, 6) is 9.26. The Bertz CT molecular complexity index is 1110. The van der Waals surface area contributed by atoms with E-state index in [9.17, 15) is 9.90 Å². The summed E-state index contributed by atoms with van der Waals surface area (Å²) in [4.78, 5) is 10.7. The number of aliphatic hydroxyl groups excluding tert-OH is 1. The average Bonchev–Trinajstić information content (AvgIpc) is 3.03. The van der Waals surface area contributed by atoms with E-state index in [-0.39, 0.29) is 20.2 Å². The third-order valence-electron chi connectivity index (χ3n) is 4.90. The number of terminal acetylenes is 1. The lowest BCUT2D eigenvalue weighted by atomic mass is 9.99. The van der Waals surface area contributed by atoms with Crippen LogP contribution in [0.15, 0.2) is 61.7 Å². The van der Waals surface area contributed by atoms with Crippen molar-refractivity contribution in [2.45, 2.75) is 32.8 Å². The molecule has 0 aromatic heterocycles. The van der Waals surface area contributed by atoms with Crippen molar-refractivity contribution in [1.82, 2.24) is 0 Å². The molecule has 0 radical (unpaired) electrons. The highest BCUT2D eigenvalue weighted by atomic mass is 16.7. The Morgan fingerprint density at radius 1 is 0.857 bits per heavy atom. The molecule has 0 bridgehead atoms. The fourth-order valence-electron chi connectivity index (χ4n) is 3.22. The first-order valence-corrected chi connectivity index (χ1v) is 13.2. The Morgan fingerprint density at radius 2 is 1.38 bits per heavy atom. The summed E-state index contributed by atoms with van der Waals surface area (Å²) in [6.45, 7) is 12.4. The van der Waals surface area contributed by atoms with Crippen LogP contribution in [-0.4, -0.2) is 66.6 Å². The number of hydrogen-bond donors (Lipinski definition) is 1. The minimum absolute atomic E-state index is 0.186. The van der Waals surface area contributed by atoms with Gasteiger partial charge in [0, 0.05) is 30.9 Å². The smallest absolute Gasteiger partial charge is 0.150 e. The van der Waals surface area contributed by atoms with E-state index in [2.05, 4.69) is 40.4 Å². The van der Waals surface area contributed by atoms with E-state index in [1.165, 1.54) is 0 Å². The summed E-state index contributed by atoms with van der Waals surface area (Å²) in [6.07, 6.45) is 9.57. The topological polar surface area (TPSA) is 92.7 Å². The van der Waals surface area contributed by atoms with E-state index < -0.39 is 6.10 Å². The fraction of sp³-hybridized carbons (Fsp3) is 0.382. The first kappa shape index (κ1) is 40.2. The van der Waals surface area contributed by atoms with Crippen LogP contribution >= 0.6 is 0 Å². The van der Waals surface area contributed by atoms with Crippen LogP contribution in [0.4, 0.5) is 0 Å². The van der Waals surface area contributed by atoms with E-state index in [0.29, 0.717) is 25.0 Å². The second-order valence-corrected chi connectivity index (χ2v) is 7.60. The van der Waals surface area contributed by atoms with Gasteiger partial charge in [0.1, 0.15) is 50.7 Å². The molecule has 8 nitrogen and oxygen atoms in total. The number of aliphatic hydroxyl groups is 1. The molecule has 0 saturated carbocycles. The summed E-state index contributed by atoms with van der Waals surface area (Å²) >= 11 is 0. The van der Waals surface area contributed by atoms with Gasteiger partial charge in [0.05, 0.1) is 14.2 Å². The largest absolute Gasteiger partial charge is 0.496 e. The summed E-state index contributed by atoms with van der Waals surface area (Å²) in [5, 5.41) is 10.2. The van der Waals surface area contributed by atoms with Crippen LogP contribution < -0.4 is 9.47 Å². The first-order chi connectivity index (χ1) is 20.5. The molecule has 1 N–H and O–H groups in total. The molecule has 2 rings (SSSR count). The van der Waals surface area contributed by atoms with Crippen LogP contribution in [-0.2, 0) is 31.8 Å². The van der Waals surface area contributed by atoms with Gasteiger partial charge in [-0.25, -0.2) is 0 Å². The van der Waals surface area contributed by atoms with Gasteiger partial charge in [0.2, 0.25) is 0 Å². The molecule has 0 aliphatic heterocycles. The van der Waals surface area contributed by atoms with E-state index >= 15 is 0 Å². The van der Waals surface area contributed by atoms with Gasteiger partial charge in [-0.3, -0.25) is 4.79 Å². The zero-order valence-electron chi connectivity index (χ0n) is 25.8. The highest BCUT2D eigenvalue weighted by Gasteiger charge is 2.13. The Kier molecular flexibility index (Phi) is 27.4. The first-order valence-electron chi connectivity index (χ1n) is 13.2. The molecule has 0 aliphatic carbocycles. The molecule has 0 aliphatic rings. The van der Waals surface area contributed by atoms with Crippen LogP contribution in [0, 0.1) is 24.2 Å². The van der Waals surface area contributed by atoms with Gasteiger partial charge < -0.3 is 33.5 Å². The predicted molar refractivity (Wildman–Crippen MR) is 168 cm³/mol. The van der Waals surface area contributed by atoms with E-state index in [0.717, 1.165) is 34.5 Å². The maximum absolute atomic E-state index is 10.7. The van der Waals surface area contributed by atoms with Crippen molar-refractivity contribution >= 4 is 6.29 Å². The molecule has 8 heteroatoms. The molecule has 0 saturated heterocycles. The molecular formula is C34H46O8. The van der Waals surface area contributed by atoms with Crippen molar-refractivity contribution in [3.05, 3.63) is 84.0 Å². The number of aldehydes is 1. The van der Waals surface area contributed by atoms with Gasteiger partial charge in [-0.1, -0.05) is 68.0 Å². The molecule has 0 fully saturated rings. The monoisotopic (exact) mass is 582 g/mol. The molecular weight excluding hydrogens is 536 g/mol. The number of ether oxygens (including phenoxy) is 6. The zero-order valence-corrected chi connectivity index (χ0v) is 25.8. The van der Waals surface area contributed by atoms with Gasteiger partial charge in [-0.2, -0.15) is 0 Å². The summed E-state index contributed by atoms with van der Waals surface area (Å²) in [6, 6.07) is 10.9. The van der Waals surface area contributed by atoms with Gasteiger partial charge in [-0.05, 0) is 30.5 Å².